The number of nitrogens with two attached hydrogens (primary N) is 1. The van der Waals surface area contributed by atoms with Crippen molar-refractivity contribution in [3.63, 3.8) is 0 Å². The molecule has 0 bridgehead atoms. The lowest BCUT2D eigenvalue weighted by Gasteiger charge is -2.17. The molecule has 0 radical (unpaired) electrons. The minimum absolute atomic E-state index is 0.162. The van der Waals surface area contributed by atoms with Gasteiger partial charge in [-0.3, -0.25) is 4.68 Å². The zero-order valence-electron chi connectivity index (χ0n) is 13.4. The van der Waals surface area contributed by atoms with Crippen molar-refractivity contribution in [2.75, 3.05) is 13.2 Å². The van der Waals surface area contributed by atoms with Crippen molar-refractivity contribution < 1.29 is 4.74 Å². The number of nitrogens with zero attached hydrogens (tertiary/aromatic N) is 2. The molecule has 0 spiro atoms. The van der Waals surface area contributed by atoms with Gasteiger partial charge in [-0.25, -0.2) is 0 Å². The van der Waals surface area contributed by atoms with Crippen molar-refractivity contribution in [3.05, 3.63) is 46.8 Å². The first-order valence-corrected chi connectivity index (χ1v) is 7.50. The standard InChI is InChI=1S/C17H25N3O/c1-5-8-21-17-7-6-14(9-12(17)2)15(11-18)16-10-13(3)19-20(16)4/h6-7,9-10,15H,5,8,11,18H2,1-4H3. The van der Waals surface area contributed by atoms with Gasteiger partial charge in [0.25, 0.3) is 0 Å². The predicted molar refractivity (Wildman–Crippen MR) is 85.8 cm³/mol. The van der Waals surface area contributed by atoms with Crippen LogP contribution in [-0.4, -0.2) is 22.9 Å². The van der Waals surface area contributed by atoms with E-state index in [1.807, 2.05) is 24.7 Å². The summed E-state index contributed by atoms with van der Waals surface area (Å²) >= 11 is 0. The van der Waals surface area contributed by atoms with E-state index < -0.39 is 0 Å². The molecule has 21 heavy (non-hydrogen) atoms. The molecule has 0 aliphatic carbocycles. The van der Waals surface area contributed by atoms with Crippen molar-refractivity contribution in [1.82, 2.24) is 9.78 Å². The smallest absolute Gasteiger partial charge is 0.122 e. The molecule has 2 aromatic rings. The van der Waals surface area contributed by atoms with Gasteiger partial charge < -0.3 is 10.5 Å². The summed E-state index contributed by atoms with van der Waals surface area (Å²) in [6.07, 6.45) is 1.01. The molecular weight excluding hydrogens is 262 g/mol. The van der Waals surface area contributed by atoms with E-state index in [2.05, 4.69) is 37.1 Å². The Morgan fingerprint density at radius 1 is 1.29 bits per heavy atom. The van der Waals surface area contributed by atoms with Gasteiger partial charge in [0.15, 0.2) is 0 Å². The fraction of sp³-hybridized carbons (Fsp3) is 0.471. The van der Waals surface area contributed by atoms with Crippen molar-refractivity contribution in [1.29, 1.82) is 0 Å². The molecule has 0 fully saturated rings. The third-order valence-electron chi connectivity index (χ3n) is 3.69. The van der Waals surface area contributed by atoms with E-state index in [4.69, 9.17) is 10.5 Å². The van der Waals surface area contributed by atoms with Crippen LogP contribution in [-0.2, 0) is 7.05 Å². The van der Waals surface area contributed by atoms with Crippen LogP contribution in [0.15, 0.2) is 24.3 Å². The fourth-order valence-electron chi connectivity index (χ4n) is 2.65. The summed E-state index contributed by atoms with van der Waals surface area (Å²) < 4.78 is 7.66. The van der Waals surface area contributed by atoms with Crippen molar-refractivity contribution in [2.24, 2.45) is 12.8 Å². The van der Waals surface area contributed by atoms with Crippen LogP contribution in [0.2, 0.25) is 0 Å². The number of aromatic nitrogens is 2. The van der Waals surface area contributed by atoms with Crippen LogP contribution in [0.4, 0.5) is 0 Å². The van der Waals surface area contributed by atoms with Gasteiger partial charge in [0.2, 0.25) is 0 Å². The van der Waals surface area contributed by atoms with Crippen LogP contribution in [0.3, 0.4) is 0 Å². The first-order chi connectivity index (χ1) is 10.1. The molecular formula is C17H25N3O. The Bertz CT molecular complexity index is 604. The lowest BCUT2D eigenvalue weighted by atomic mass is 9.94. The minimum atomic E-state index is 0.162. The molecule has 0 saturated carbocycles. The highest BCUT2D eigenvalue weighted by Crippen LogP contribution is 2.28. The van der Waals surface area contributed by atoms with Gasteiger partial charge in [-0.2, -0.15) is 5.10 Å². The summed E-state index contributed by atoms with van der Waals surface area (Å²) in [4.78, 5) is 0. The van der Waals surface area contributed by atoms with Gasteiger partial charge in [-0.1, -0.05) is 19.1 Å². The monoisotopic (exact) mass is 287 g/mol. The largest absolute Gasteiger partial charge is 0.493 e. The molecule has 1 aromatic heterocycles. The summed E-state index contributed by atoms with van der Waals surface area (Å²) in [6, 6.07) is 8.43. The van der Waals surface area contributed by atoms with Gasteiger partial charge in [0.1, 0.15) is 5.75 Å². The normalized spacial score (nSPS) is 12.4. The average molecular weight is 287 g/mol. The number of hydrogen-bond acceptors (Lipinski definition) is 3. The number of rotatable bonds is 6. The summed E-state index contributed by atoms with van der Waals surface area (Å²) in [5, 5.41) is 4.42. The van der Waals surface area contributed by atoms with E-state index in [-0.39, 0.29) is 5.92 Å². The highest BCUT2D eigenvalue weighted by molar-refractivity contribution is 5.40. The SMILES string of the molecule is CCCOc1ccc(C(CN)c2cc(C)nn2C)cc1C. The highest BCUT2D eigenvalue weighted by Gasteiger charge is 2.17. The van der Waals surface area contributed by atoms with Gasteiger partial charge in [0.05, 0.1) is 12.3 Å². The Morgan fingerprint density at radius 3 is 2.57 bits per heavy atom. The Kier molecular flexibility index (Phi) is 5.02. The second-order valence-electron chi connectivity index (χ2n) is 5.50. The lowest BCUT2D eigenvalue weighted by Crippen LogP contribution is -2.17. The topological polar surface area (TPSA) is 53.1 Å². The van der Waals surface area contributed by atoms with Crippen LogP contribution in [0.5, 0.6) is 5.75 Å². The molecule has 1 aromatic carbocycles. The number of ether oxygens (including phenoxy) is 1. The summed E-state index contributed by atoms with van der Waals surface area (Å²) in [5.41, 5.74) is 10.5. The second-order valence-corrected chi connectivity index (χ2v) is 5.50. The van der Waals surface area contributed by atoms with E-state index in [0.29, 0.717) is 6.54 Å². The minimum Gasteiger partial charge on any atom is -0.493 e. The van der Waals surface area contributed by atoms with Gasteiger partial charge in [0, 0.05) is 25.2 Å². The summed E-state index contributed by atoms with van der Waals surface area (Å²) in [5.74, 6) is 1.12. The lowest BCUT2D eigenvalue weighted by molar-refractivity contribution is 0.315. The maximum absolute atomic E-state index is 6.01. The number of hydrogen-bond donors (Lipinski definition) is 1. The average Bonchev–Trinajstić information content (AvgIpc) is 2.78. The van der Waals surface area contributed by atoms with Crippen LogP contribution in [0, 0.1) is 13.8 Å². The molecule has 2 rings (SSSR count). The first-order valence-electron chi connectivity index (χ1n) is 7.50. The molecule has 4 heteroatoms. The van der Waals surface area contributed by atoms with Crippen molar-refractivity contribution in [2.45, 2.75) is 33.1 Å². The third-order valence-corrected chi connectivity index (χ3v) is 3.69. The van der Waals surface area contributed by atoms with Gasteiger partial charge >= 0.3 is 0 Å². The van der Waals surface area contributed by atoms with Gasteiger partial charge in [-0.15, -0.1) is 0 Å². The van der Waals surface area contributed by atoms with Crippen LogP contribution >= 0.6 is 0 Å². The molecule has 0 aliphatic heterocycles. The molecule has 0 saturated heterocycles. The molecule has 114 valence electrons. The molecule has 1 heterocycles. The van der Waals surface area contributed by atoms with E-state index in [1.165, 1.54) is 5.56 Å². The number of benzene rings is 1. The van der Waals surface area contributed by atoms with E-state index in [9.17, 15) is 0 Å². The first kappa shape index (κ1) is 15.6. The van der Waals surface area contributed by atoms with Crippen molar-refractivity contribution >= 4 is 0 Å². The molecule has 1 atom stereocenters. The zero-order valence-corrected chi connectivity index (χ0v) is 13.4. The maximum Gasteiger partial charge on any atom is 0.122 e. The molecule has 1 unspecified atom stereocenters. The Balaban J connectivity index is 2.30. The quantitative estimate of drug-likeness (QED) is 0.888. The predicted octanol–water partition coefficient (Wildman–Crippen LogP) is 2.92. The third kappa shape index (κ3) is 3.45. The van der Waals surface area contributed by atoms with Crippen molar-refractivity contribution in [3.8, 4) is 5.75 Å². The van der Waals surface area contributed by atoms with Gasteiger partial charge in [-0.05, 0) is 43.5 Å². The van der Waals surface area contributed by atoms with E-state index >= 15 is 0 Å². The molecule has 0 aliphatic rings. The Hall–Kier alpha value is -1.81. The summed E-state index contributed by atoms with van der Waals surface area (Å²) in [6.45, 7) is 7.51. The molecule has 4 nitrogen and oxygen atoms in total. The Labute approximate surface area is 126 Å². The molecule has 2 N–H and O–H groups in total. The zero-order chi connectivity index (χ0) is 15.4. The maximum atomic E-state index is 6.01. The Morgan fingerprint density at radius 2 is 2.05 bits per heavy atom. The molecule has 0 amide bonds. The van der Waals surface area contributed by atoms with Crippen LogP contribution in [0.1, 0.15) is 41.8 Å². The highest BCUT2D eigenvalue weighted by atomic mass is 16.5. The number of aryl methyl sites for hydroxylation is 3. The van der Waals surface area contributed by atoms with E-state index in [1.54, 1.807) is 0 Å². The second kappa shape index (κ2) is 6.76. The van der Waals surface area contributed by atoms with Crippen LogP contribution in [0.25, 0.3) is 0 Å². The van der Waals surface area contributed by atoms with Crippen LogP contribution < -0.4 is 10.5 Å². The summed E-state index contributed by atoms with van der Waals surface area (Å²) in [7, 11) is 1.97. The van der Waals surface area contributed by atoms with E-state index in [0.717, 1.165) is 35.7 Å². The fourth-order valence-corrected chi connectivity index (χ4v) is 2.65.